The van der Waals surface area contributed by atoms with Gasteiger partial charge in [0.25, 0.3) is 11.8 Å². The van der Waals surface area contributed by atoms with E-state index >= 15 is 0 Å². The molecule has 0 aliphatic carbocycles. The second-order valence-corrected chi connectivity index (χ2v) is 6.00. The quantitative estimate of drug-likeness (QED) is 0.453. The third-order valence-electron chi connectivity index (χ3n) is 3.86. The number of amides is 2. The zero-order chi connectivity index (χ0) is 19.6. The van der Waals surface area contributed by atoms with E-state index in [0.29, 0.717) is 22.9 Å². The molecule has 0 saturated heterocycles. The third kappa shape index (κ3) is 3.73. The molecule has 2 amide bonds. The van der Waals surface area contributed by atoms with Crippen molar-refractivity contribution in [3.8, 4) is 0 Å². The summed E-state index contributed by atoms with van der Waals surface area (Å²) in [7, 11) is 3.64. The van der Waals surface area contributed by atoms with Crippen LogP contribution in [-0.2, 0) is 21.1 Å². The first-order valence-electron chi connectivity index (χ1n) is 7.98. The molecule has 1 aromatic heterocycles. The Bertz CT molecular complexity index is 927. The van der Waals surface area contributed by atoms with Gasteiger partial charge >= 0.3 is 0 Å². The molecule has 0 fully saturated rings. The second kappa shape index (κ2) is 7.44. The molecular weight excluding hydrogens is 352 g/mol. The summed E-state index contributed by atoms with van der Waals surface area (Å²) in [5.41, 5.74) is 6.43. The number of hydrazone groups is 1. The van der Waals surface area contributed by atoms with E-state index in [-0.39, 0.29) is 17.9 Å². The lowest BCUT2D eigenvalue weighted by molar-refractivity contribution is -0.253. The van der Waals surface area contributed by atoms with Crippen molar-refractivity contribution in [2.45, 2.75) is 6.61 Å². The van der Waals surface area contributed by atoms with E-state index in [9.17, 15) is 9.59 Å². The van der Waals surface area contributed by atoms with Crippen LogP contribution in [0.2, 0.25) is 0 Å². The van der Waals surface area contributed by atoms with Crippen molar-refractivity contribution in [3.05, 3.63) is 53.3 Å². The smallest absolute Gasteiger partial charge is 0.281 e. The lowest BCUT2D eigenvalue weighted by Crippen LogP contribution is -2.25. The summed E-state index contributed by atoms with van der Waals surface area (Å²) in [6.07, 6.45) is 1.44. The van der Waals surface area contributed by atoms with Crippen molar-refractivity contribution in [1.29, 1.82) is 0 Å². The fourth-order valence-corrected chi connectivity index (χ4v) is 2.51. The molecule has 0 radical (unpaired) electrons. The Kier molecular flexibility index (Phi) is 5.06. The van der Waals surface area contributed by atoms with Crippen LogP contribution in [0, 0.1) is 0 Å². The SMILES string of the molecule is CN(C)c1ccc(C=C2C(=O)N(c3ccc(COO)cc3)N=C2C(N)=O)o1. The topological polar surface area (TPSA) is 122 Å². The molecule has 0 unspecified atom stereocenters. The molecule has 0 spiro atoms. The number of rotatable bonds is 6. The van der Waals surface area contributed by atoms with Crippen LogP contribution in [0.15, 0.2) is 51.5 Å². The zero-order valence-corrected chi connectivity index (χ0v) is 14.7. The Morgan fingerprint density at radius 1 is 1.30 bits per heavy atom. The van der Waals surface area contributed by atoms with Crippen LogP contribution in [0.25, 0.3) is 6.08 Å². The maximum absolute atomic E-state index is 12.8. The van der Waals surface area contributed by atoms with Crippen LogP contribution in [-0.4, -0.2) is 36.9 Å². The number of carbonyl (C=O) groups is 2. The minimum absolute atomic E-state index is 0.0158. The van der Waals surface area contributed by atoms with E-state index in [4.69, 9.17) is 15.4 Å². The van der Waals surface area contributed by atoms with Gasteiger partial charge in [-0.1, -0.05) is 12.1 Å². The minimum Gasteiger partial charge on any atom is -0.441 e. The van der Waals surface area contributed by atoms with Gasteiger partial charge in [0.1, 0.15) is 12.4 Å². The third-order valence-corrected chi connectivity index (χ3v) is 3.86. The van der Waals surface area contributed by atoms with Crippen molar-refractivity contribution in [3.63, 3.8) is 0 Å². The van der Waals surface area contributed by atoms with Crippen LogP contribution in [0.5, 0.6) is 0 Å². The van der Waals surface area contributed by atoms with Crippen molar-refractivity contribution < 1.29 is 24.2 Å². The van der Waals surface area contributed by atoms with Gasteiger partial charge in [0, 0.05) is 20.2 Å². The first kappa shape index (κ1) is 18.4. The number of hydrogen-bond acceptors (Lipinski definition) is 7. The molecule has 1 aromatic carbocycles. The van der Waals surface area contributed by atoms with Gasteiger partial charge in [-0.05, 0) is 29.8 Å². The average Bonchev–Trinajstić information content (AvgIpc) is 3.22. The Morgan fingerprint density at radius 3 is 2.56 bits per heavy atom. The molecule has 0 saturated carbocycles. The van der Waals surface area contributed by atoms with E-state index in [1.165, 1.54) is 6.08 Å². The van der Waals surface area contributed by atoms with Crippen LogP contribution in [0.1, 0.15) is 11.3 Å². The zero-order valence-electron chi connectivity index (χ0n) is 14.7. The fraction of sp³-hybridized carbons (Fsp3) is 0.167. The van der Waals surface area contributed by atoms with Crippen molar-refractivity contribution in [1.82, 2.24) is 0 Å². The molecule has 9 nitrogen and oxygen atoms in total. The highest BCUT2D eigenvalue weighted by atomic mass is 17.1. The number of nitrogens with zero attached hydrogens (tertiary/aromatic N) is 3. The Morgan fingerprint density at radius 2 is 2.00 bits per heavy atom. The highest BCUT2D eigenvalue weighted by Gasteiger charge is 2.34. The van der Waals surface area contributed by atoms with Crippen molar-refractivity contribution in [2.75, 3.05) is 24.0 Å². The average molecular weight is 370 g/mol. The monoisotopic (exact) mass is 370 g/mol. The van der Waals surface area contributed by atoms with Crippen LogP contribution < -0.4 is 15.6 Å². The highest BCUT2D eigenvalue weighted by molar-refractivity contribution is 6.55. The first-order valence-corrected chi connectivity index (χ1v) is 7.98. The number of benzene rings is 1. The van der Waals surface area contributed by atoms with Gasteiger partial charge in [-0.25, -0.2) is 4.89 Å². The molecule has 140 valence electrons. The number of carbonyl (C=O) groups excluding carboxylic acids is 2. The first-order chi connectivity index (χ1) is 12.9. The maximum Gasteiger partial charge on any atom is 0.281 e. The summed E-state index contributed by atoms with van der Waals surface area (Å²) in [4.78, 5) is 30.4. The largest absolute Gasteiger partial charge is 0.441 e. The van der Waals surface area contributed by atoms with Crippen LogP contribution in [0.3, 0.4) is 0 Å². The van der Waals surface area contributed by atoms with Gasteiger partial charge in [-0.3, -0.25) is 14.8 Å². The van der Waals surface area contributed by atoms with E-state index in [0.717, 1.165) is 5.01 Å². The molecule has 3 N–H and O–H groups in total. The Labute approximate surface area is 154 Å². The standard InChI is InChI=1S/C18H18N4O5/c1-21(2)15-8-7-13(27-15)9-14-16(17(19)23)20-22(18(14)24)12-5-3-11(4-6-12)10-26-25/h3-9,25H,10H2,1-2H3,(H2,19,23). The van der Waals surface area contributed by atoms with Gasteiger partial charge in [0.15, 0.2) is 11.6 Å². The Balaban J connectivity index is 1.94. The predicted molar refractivity (Wildman–Crippen MR) is 99.0 cm³/mol. The molecular formula is C18H18N4O5. The molecule has 0 atom stereocenters. The van der Waals surface area contributed by atoms with Gasteiger partial charge < -0.3 is 15.1 Å². The van der Waals surface area contributed by atoms with Crippen molar-refractivity contribution in [2.24, 2.45) is 10.8 Å². The normalized spacial score (nSPS) is 15.4. The van der Waals surface area contributed by atoms with Crippen LogP contribution in [0.4, 0.5) is 11.6 Å². The van der Waals surface area contributed by atoms with Gasteiger partial charge in [0.2, 0.25) is 0 Å². The number of anilines is 2. The summed E-state index contributed by atoms with van der Waals surface area (Å²) in [5.74, 6) is -0.323. The molecule has 0 bridgehead atoms. The number of nitrogens with two attached hydrogens (primary N) is 1. The summed E-state index contributed by atoms with van der Waals surface area (Å²) in [5, 5.41) is 13.6. The molecule has 2 aromatic rings. The molecule has 27 heavy (non-hydrogen) atoms. The molecule has 9 heteroatoms. The summed E-state index contributed by atoms with van der Waals surface area (Å²) in [6.45, 7) is 0.0158. The minimum atomic E-state index is -0.818. The van der Waals surface area contributed by atoms with E-state index in [1.54, 1.807) is 41.3 Å². The lowest BCUT2D eigenvalue weighted by Gasteiger charge is -2.12. The number of hydrogen-bond donors (Lipinski definition) is 2. The van der Waals surface area contributed by atoms with E-state index < -0.39 is 11.8 Å². The predicted octanol–water partition coefficient (Wildman–Crippen LogP) is 1.61. The maximum atomic E-state index is 12.8. The fourth-order valence-electron chi connectivity index (χ4n) is 2.51. The number of furan rings is 1. The van der Waals surface area contributed by atoms with Gasteiger partial charge in [0.05, 0.1) is 11.3 Å². The molecule has 2 heterocycles. The van der Waals surface area contributed by atoms with Gasteiger partial charge in [-0.2, -0.15) is 10.1 Å². The molecule has 1 aliphatic rings. The summed E-state index contributed by atoms with van der Waals surface area (Å²) < 4.78 is 5.60. The van der Waals surface area contributed by atoms with Crippen LogP contribution >= 0.6 is 0 Å². The lowest BCUT2D eigenvalue weighted by atomic mass is 10.1. The molecule has 1 aliphatic heterocycles. The molecule has 3 rings (SSSR count). The number of primary amides is 1. The van der Waals surface area contributed by atoms with E-state index in [2.05, 4.69) is 9.99 Å². The summed E-state index contributed by atoms with van der Waals surface area (Å²) in [6, 6.07) is 9.99. The summed E-state index contributed by atoms with van der Waals surface area (Å²) >= 11 is 0. The highest BCUT2D eigenvalue weighted by Crippen LogP contribution is 2.27. The van der Waals surface area contributed by atoms with Crippen molar-refractivity contribution >= 4 is 35.2 Å². The Hall–Kier alpha value is -3.43. The van der Waals surface area contributed by atoms with E-state index in [1.807, 2.05) is 14.1 Å². The second-order valence-electron chi connectivity index (χ2n) is 6.00. The van der Waals surface area contributed by atoms with Gasteiger partial charge in [-0.15, -0.1) is 0 Å².